The molecule has 2 aromatic carbocycles. The van der Waals surface area contributed by atoms with Crippen molar-refractivity contribution in [1.82, 2.24) is 5.48 Å². The Morgan fingerprint density at radius 1 is 1.20 bits per heavy atom. The smallest absolute Gasteiger partial charge is 0.338 e. The van der Waals surface area contributed by atoms with E-state index in [0.29, 0.717) is 12.1 Å². The first-order valence-electron chi connectivity index (χ1n) is 6.31. The minimum atomic E-state index is -0.369. The third kappa shape index (κ3) is 2.87. The molecule has 2 rings (SSSR count). The highest BCUT2D eigenvalue weighted by Gasteiger charge is 2.15. The lowest BCUT2D eigenvalue weighted by Gasteiger charge is -2.12. The van der Waals surface area contributed by atoms with Gasteiger partial charge in [0.15, 0.2) is 0 Å². The summed E-state index contributed by atoms with van der Waals surface area (Å²) in [7, 11) is 1.37. The van der Waals surface area contributed by atoms with Crippen molar-refractivity contribution in [2.45, 2.75) is 13.5 Å². The Morgan fingerprint density at radius 3 is 2.60 bits per heavy atom. The Kier molecular flexibility index (Phi) is 4.50. The van der Waals surface area contributed by atoms with E-state index in [0.717, 1.165) is 22.3 Å². The van der Waals surface area contributed by atoms with Crippen LogP contribution in [-0.2, 0) is 11.3 Å². The van der Waals surface area contributed by atoms with Gasteiger partial charge >= 0.3 is 5.97 Å². The summed E-state index contributed by atoms with van der Waals surface area (Å²) >= 11 is 0. The Bertz CT molecular complexity index is 623. The third-order valence-corrected chi connectivity index (χ3v) is 3.21. The summed E-state index contributed by atoms with van der Waals surface area (Å²) in [6, 6.07) is 13.2. The zero-order valence-corrected chi connectivity index (χ0v) is 11.5. The van der Waals surface area contributed by atoms with Crippen LogP contribution >= 0.6 is 0 Å². The van der Waals surface area contributed by atoms with E-state index in [-0.39, 0.29) is 5.97 Å². The molecule has 0 spiro atoms. The van der Waals surface area contributed by atoms with Crippen LogP contribution in [0.2, 0.25) is 0 Å². The molecule has 0 bridgehead atoms. The van der Waals surface area contributed by atoms with Crippen LogP contribution < -0.4 is 5.48 Å². The Hall–Kier alpha value is -2.17. The molecule has 0 aliphatic rings. The molecule has 0 aliphatic heterocycles. The second kappa shape index (κ2) is 6.32. The molecule has 0 fully saturated rings. The molecule has 2 N–H and O–H groups in total. The molecule has 20 heavy (non-hydrogen) atoms. The fourth-order valence-corrected chi connectivity index (χ4v) is 2.18. The van der Waals surface area contributed by atoms with Gasteiger partial charge in [-0.2, -0.15) is 0 Å². The maximum atomic E-state index is 11.9. The highest BCUT2D eigenvalue weighted by Crippen LogP contribution is 2.28. The number of rotatable bonds is 4. The summed E-state index contributed by atoms with van der Waals surface area (Å²) in [5.41, 5.74) is 6.39. The second-order valence-electron chi connectivity index (χ2n) is 4.52. The van der Waals surface area contributed by atoms with Gasteiger partial charge in [0.25, 0.3) is 0 Å². The molecule has 0 atom stereocenters. The van der Waals surface area contributed by atoms with Gasteiger partial charge in [-0.1, -0.05) is 30.3 Å². The topological polar surface area (TPSA) is 58.6 Å². The first kappa shape index (κ1) is 14.2. The number of benzene rings is 2. The molecule has 0 saturated heterocycles. The van der Waals surface area contributed by atoms with Crippen molar-refractivity contribution >= 4 is 5.97 Å². The van der Waals surface area contributed by atoms with Crippen molar-refractivity contribution in [3.8, 4) is 11.1 Å². The third-order valence-electron chi connectivity index (χ3n) is 3.21. The average molecular weight is 271 g/mol. The van der Waals surface area contributed by atoms with E-state index in [1.54, 1.807) is 12.1 Å². The lowest BCUT2D eigenvalue weighted by atomic mass is 9.94. The van der Waals surface area contributed by atoms with Gasteiger partial charge in [0.1, 0.15) is 0 Å². The summed E-state index contributed by atoms with van der Waals surface area (Å²) in [4.78, 5) is 11.9. The standard InChI is InChI=1S/C16H17NO3/c1-11-5-3-4-6-13(11)15-9-12(10-17-19)7-8-14(15)16(18)20-2/h3-9,17,19H,10H2,1-2H3. The summed E-state index contributed by atoms with van der Waals surface area (Å²) in [5, 5.41) is 8.82. The van der Waals surface area contributed by atoms with Crippen LogP contribution in [0.15, 0.2) is 42.5 Å². The van der Waals surface area contributed by atoms with Gasteiger partial charge in [-0.15, -0.1) is 0 Å². The number of nitrogens with one attached hydrogen (secondary N) is 1. The van der Waals surface area contributed by atoms with Gasteiger partial charge in [-0.05, 0) is 41.3 Å². The quantitative estimate of drug-likeness (QED) is 0.663. The average Bonchev–Trinajstić information content (AvgIpc) is 2.47. The fraction of sp³-hybridized carbons (Fsp3) is 0.188. The molecule has 2 aromatic rings. The molecular weight excluding hydrogens is 254 g/mol. The fourth-order valence-electron chi connectivity index (χ4n) is 2.18. The highest BCUT2D eigenvalue weighted by molar-refractivity contribution is 5.97. The van der Waals surface area contributed by atoms with Crippen molar-refractivity contribution in [3.05, 3.63) is 59.2 Å². The summed E-state index contributed by atoms with van der Waals surface area (Å²) < 4.78 is 4.83. The molecule has 0 amide bonds. The first-order chi connectivity index (χ1) is 9.67. The van der Waals surface area contributed by atoms with Crippen molar-refractivity contribution in [2.75, 3.05) is 7.11 Å². The predicted molar refractivity (Wildman–Crippen MR) is 76.6 cm³/mol. The maximum Gasteiger partial charge on any atom is 0.338 e. The van der Waals surface area contributed by atoms with Crippen LogP contribution in [-0.4, -0.2) is 18.3 Å². The molecular formula is C16H17NO3. The number of methoxy groups -OCH3 is 1. The molecule has 0 aromatic heterocycles. The molecule has 0 aliphatic carbocycles. The molecule has 0 saturated carbocycles. The number of aryl methyl sites for hydroxylation is 1. The monoisotopic (exact) mass is 271 g/mol. The van der Waals surface area contributed by atoms with E-state index in [9.17, 15) is 4.79 Å². The van der Waals surface area contributed by atoms with Crippen LogP contribution in [0, 0.1) is 6.92 Å². The lowest BCUT2D eigenvalue weighted by molar-refractivity contribution is 0.0601. The summed E-state index contributed by atoms with van der Waals surface area (Å²) in [5.74, 6) is -0.369. The van der Waals surface area contributed by atoms with Crippen LogP contribution in [0.25, 0.3) is 11.1 Å². The van der Waals surface area contributed by atoms with Crippen molar-refractivity contribution < 1.29 is 14.7 Å². The van der Waals surface area contributed by atoms with E-state index >= 15 is 0 Å². The van der Waals surface area contributed by atoms with Gasteiger partial charge < -0.3 is 9.94 Å². The molecule has 0 radical (unpaired) electrons. The normalized spacial score (nSPS) is 10.3. The molecule has 0 heterocycles. The SMILES string of the molecule is COC(=O)c1ccc(CNO)cc1-c1ccccc1C. The van der Waals surface area contributed by atoms with E-state index in [1.807, 2.05) is 37.3 Å². The van der Waals surface area contributed by atoms with Crippen molar-refractivity contribution in [2.24, 2.45) is 0 Å². The van der Waals surface area contributed by atoms with Crippen molar-refractivity contribution in [3.63, 3.8) is 0 Å². The lowest BCUT2D eigenvalue weighted by Crippen LogP contribution is -2.09. The zero-order valence-electron chi connectivity index (χ0n) is 11.5. The van der Waals surface area contributed by atoms with Gasteiger partial charge in [0, 0.05) is 6.54 Å². The van der Waals surface area contributed by atoms with E-state index in [1.165, 1.54) is 7.11 Å². The number of hydrogen-bond acceptors (Lipinski definition) is 4. The van der Waals surface area contributed by atoms with Crippen LogP contribution in [0.3, 0.4) is 0 Å². The largest absolute Gasteiger partial charge is 0.465 e. The molecule has 104 valence electrons. The number of carbonyl (C=O) groups excluding carboxylic acids is 1. The Balaban J connectivity index is 2.60. The van der Waals surface area contributed by atoms with E-state index in [2.05, 4.69) is 5.48 Å². The number of ether oxygens (including phenoxy) is 1. The number of esters is 1. The van der Waals surface area contributed by atoms with E-state index < -0.39 is 0 Å². The molecule has 4 nitrogen and oxygen atoms in total. The van der Waals surface area contributed by atoms with E-state index in [4.69, 9.17) is 9.94 Å². The first-order valence-corrected chi connectivity index (χ1v) is 6.31. The van der Waals surface area contributed by atoms with Crippen LogP contribution in [0.1, 0.15) is 21.5 Å². The molecule has 4 heteroatoms. The van der Waals surface area contributed by atoms with Gasteiger partial charge in [-0.3, -0.25) is 0 Å². The summed E-state index contributed by atoms with van der Waals surface area (Å²) in [6.45, 7) is 2.31. The van der Waals surface area contributed by atoms with Gasteiger partial charge in [-0.25, -0.2) is 10.3 Å². The number of hydrogen-bond donors (Lipinski definition) is 2. The van der Waals surface area contributed by atoms with Crippen LogP contribution in [0.5, 0.6) is 0 Å². The van der Waals surface area contributed by atoms with Gasteiger partial charge in [0.05, 0.1) is 12.7 Å². The van der Waals surface area contributed by atoms with Crippen molar-refractivity contribution in [1.29, 1.82) is 0 Å². The Labute approximate surface area is 118 Å². The Morgan fingerprint density at radius 2 is 1.95 bits per heavy atom. The zero-order chi connectivity index (χ0) is 14.5. The minimum absolute atomic E-state index is 0.320. The highest BCUT2D eigenvalue weighted by atomic mass is 16.5. The molecule has 0 unspecified atom stereocenters. The second-order valence-corrected chi connectivity index (χ2v) is 4.52. The maximum absolute atomic E-state index is 11.9. The minimum Gasteiger partial charge on any atom is -0.465 e. The van der Waals surface area contributed by atoms with Gasteiger partial charge in [0.2, 0.25) is 0 Å². The number of carbonyl (C=O) groups is 1. The summed E-state index contributed by atoms with van der Waals surface area (Å²) in [6.07, 6.45) is 0. The predicted octanol–water partition coefficient (Wildman–Crippen LogP) is 2.93. The number of hydroxylamine groups is 1. The van der Waals surface area contributed by atoms with Crippen LogP contribution in [0.4, 0.5) is 0 Å².